The Morgan fingerprint density at radius 2 is 1.93 bits per heavy atom. The number of amides is 1. The van der Waals surface area contributed by atoms with Crippen molar-refractivity contribution in [2.75, 3.05) is 25.9 Å². The average Bonchev–Trinajstić information content (AvgIpc) is 3.66. The third kappa shape index (κ3) is 5.28. The van der Waals surface area contributed by atoms with Gasteiger partial charge in [0.05, 0.1) is 33.0 Å². The second kappa shape index (κ2) is 10.9. The minimum atomic E-state index is -3.99. The lowest BCUT2D eigenvalue weighted by Crippen LogP contribution is -2.37. The van der Waals surface area contributed by atoms with Gasteiger partial charge < -0.3 is 10.6 Å². The van der Waals surface area contributed by atoms with Crippen LogP contribution in [0.2, 0.25) is 0 Å². The topological polar surface area (TPSA) is 156 Å². The zero-order valence-electron chi connectivity index (χ0n) is 22.3. The van der Waals surface area contributed by atoms with Gasteiger partial charge in [0.25, 0.3) is 5.91 Å². The van der Waals surface area contributed by atoms with Crippen molar-refractivity contribution >= 4 is 48.5 Å². The fraction of sp³-hybridized carbons (Fsp3) is 0.385. The molecular weight excluding hydrogens is 587 g/mol. The lowest BCUT2D eigenvalue weighted by molar-refractivity contribution is 0.0950. The van der Waals surface area contributed by atoms with Crippen molar-refractivity contribution in [3.05, 3.63) is 64.5 Å². The summed E-state index contributed by atoms with van der Waals surface area (Å²) in [6, 6.07) is 10.3. The van der Waals surface area contributed by atoms with Gasteiger partial charge in [0.2, 0.25) is 10.0 Å². The molecule has 2 aromatic carbocycles. The van der Waals surface area contributed by atoms with Crippen LogP contribution in [0.3, 0.4) is 0 Å². The van der Waals surface area contributed by atoms with Gasteiger partial charge >= 0.3 is 0 Å². The molecule has 15 heteroatoms. The number of hydrogen-bond donors (Lipinski definition) is 2. The highest BCUT2D eigenvalue weighted by Crippen LogP contribution is 2.32. The highest BCUT2D eigenvalue weighted by atomic mass is 32.2. The van der Waals surface area contributed by atoms with E-state index in [1.807, 2.05) is 18.2 Å². The number of aryl methyl sites for hydroxylation is 2. The Balaban J connectivity index is 1.16. The van der Waals surface area contributed by atoms with Crippen LogP contribution < -0.4 is 10.6 Å². The molecule has 0 fully saturated rings. The summed E-state index contributed by atoms with van der Waals surface area (Å²) >= 11 is 1.19. The Labute approximate surface area is 242 Å². The van der Waals surface area contributed by atoms with E-state index >= 15 is 0 Å². The standard InChI is InChI=1S/C26H29N7O5S3/c1-27-26(34)25-20-16-32(41(37,38)19-5-4-18-8-12-40(35,36)24(18)14-19)11-7-21(20)29-33(25)10-2-9-28-15-17-3-6-22-23(13-17)31-39-30-22/h3-6,13-14,28H,2,7-12,15-16H2,1H3,(H,27,34). The first-order chi connectivity index (χ1) is 19.7. The van der Waals surface area contributed by atoms with Crippen LogP contribution in [-0.4, -0.2) is 71.5 Å². The monoisotopic (exact) mass is 615 g/mol. The number of fused-ring (bicyclic) bond motifs is 3. The number of nitrogens with zero attached hydrogens (tertiary/aromatic N) is 5. The third-order valence-electron chi connectivity index (χ3n) is 7.53. The summed E-state index contributed by atoms with van der Waals surface area (Å²) in [5.74, 6) is -0.344. The molecule has 0 bridgehead atoms. The van der Waals surface area contributed by atoms with E-state index in [0.717, 1.165) is 16.6 Å². The fourth-order valence-corrected chi connectivity index (χ4v) is 8.97. The fourth-order valence-electron chi connectivity index (χ4n) is 5.36. The van der Waals surface area contributed by atoms with E-state index in [9.17, 15) is 21.6 Å². The molecule has 2 N–H and O–H groups in total. The number of hydrogen-bond acceptors (Lipinski definition) is 10. The molecule has 2 aromatic heterocycles. The van der Waals surface area contributed by atoms with Gasteiger partial charge in [-0.1, -0.05) is 12.1 Å². The summed E-state index contributed by atoms with van der Waals surface area (Å²) in [4.78, 5) is 12.9. The first-order valence-electron chi connectivity index (χ1n) is 13.3. The van der Waals surface area contributed by atoms with Crippen molar-refractivity contribution in [2.24, 2.45) is 0 Å². The number of benzene rings is 2. The van der Waals surface area contributed by atoms with Gasteiger partial charge in [-0.3, -0.25) is 9.48 Å². The van der Waals surface area contributed by atoms with Crippen molar-refractivity contribution < 1.29 is 21.6 Å². The van der Waals surface area contributed by atoms with Crippen LogP contribution in [0, 0.1) is 0 Å². The number of nitrogens with one attached hydrogen (secondary N) is 2. The van der Waals surface area contributed by atoms with Crippen molar-refractivity contribution in [2.45, 2.75) is 48.7 Å². The molecule has 4 heterocycles. The minimum absolute atomic E-state index is 0.0108. The highest BCUT2D eigenvalue weighted by molar-refractivity contribution is 7.92. The van der Waals surface area contributed by atoms with Crippen molar-refractivity contribution in [1.29, 1.82) is 0 Å². The van der Waals surface area contributed by atoms with E-state index in [4.69, 9.17) is 0 Å². The zero-order valence-corrected chi connectivity index (χ0v) is 24.8. The van der Waals surface area contributed by atoms with Gasteiger partial charge in [0.15, 0.2) is 9.84 Å². The van der Waals surface area contributed by atoms with Crippen molar-refractivity contribution in [1.82, 2.24) is 33.5 Å². The molecule has 41 heavy (non-hydrogen) atoms. The van der Waals surface area contributed by atoms with Crippen LogP contribution in [0.1, 0.15) is 39.3 Å². The maximum atomic E-state index is 13.6. The highest BCUT2D eigenvalue weighted by Gasteiger charge is 2.35. The van der Waals surface area contributed by atoms with E-state index in [2.05, 4.69) is 24.5 Å². The van der Waals surface area contributed by atoms with E-state index in [-0.39, 0.29) is 34.5 Å². The number of sulfone groups is 1. The molecule has 0 saturated carbocycles. The largest absolute Gasteiger partial charge is 0.354 e. The van der Waals surface area contributed by atoms with E-state index in [0.29, 0.717) is 61.4 Å². The summed E-state index contributed by atoms with van der Waals surface area (Å²) in [7, 11) is -5.94. The van der Waals surface area contributed by atoms with Crippen LogP contribution >= 0.6 is 11.7 Å². The van der Waals surface area contributed by atoms with E-state index in [1.165, 1.54) is 35.2 Å². The smallest absolute Gasteiger partial charge is 0.269 e. The number of sulfonamides is 1. The van der Waals surface area contributed by atoms with Crippen LogP contribution in [0.25, 0.3) is 11.0 Å². The summed E-state index contributed by atoms with van der Waals surface area (Å²) in [5, 5.41) is 10.7. The molecule has 12 nitrogen and oxygen atoms in total. The second-order valence-electron chi connectivity index (χ2n) is 10.1. The van der Waals surface area contributed by atoms with Gasteiger partial charge in [0, 0.05) is 45.2 Å². The van der Waals surface area contributed by atoms with E-state index < -0.39 is 19.9 Å². The summed E-state index contributed by atoms with van der Waals surface area (Å²) in [6.07, 6.45) is 1.44. The molecule has 2 aliphatic heterocycles. The summed E-state index contributed by atoms with van der Waals surface area (Å²) in [5.41, 5.74) is 5.13. The van der Waals surface area contributed by atoms with E-state index in [1.54, 1.807) is 10.7 Å². The summed E-state index contributed by atoms with van der Waals surface area (Å²) < 4.78 is 63.4. The van der Waals surface area contributed by atoms with Gasteiger partial charge in [-0.05, 0) is 54.8 Å². The predicted molar refractivity (Wildman–Crippen MR) is 153 cm³/mol. The Morgan fingerprint density at radius 3 is 2.76 bits per heavy atom. The number of carbonyl (C=O) groups excluding carboxylic acids is 1. The van der Waals surface area contributed by atoms with Crippen LogP contribution in [0.4, 0.5) is 0 Å². The van der Waals surface area contributed by atoms with Crippen molar-refractivity contribution in [3.8, 4) is 0 Å². The molecule has 0 unspecified atom stereocenters. The second-order valence-corrected chi connectivity index (χ2v) is 14.7. The van der Waals surface area contributed by atoms with Crippen LogP contribution in [0.5, 0.6) is 0 Å². The maximum absolute atomic E-state index is 13.6. The molecule has 0 spiro atoms. The first-order valence-corrected chi connectivity index (χ1v) is 17.1. The van der Waals surface area contributed by atoms with Gasteiger partial charge in [0.1, 0.15) is 16.7 Å². The minimum Gasteiger partial charge on any atom is -0.354 e. The first kappa shape index (κ1) is 27.9. The molecule has 216 valence electrons. The molecule has 0 radical (unpaired) electrons. The third-order valence-corrected chi connectivity index (χ3v) is 11.7. The Bertz CT molecular complexity index is 1870. The average molecular weight is 616 g/mol. The zero-order chi connectivity index (χ0) is 28.8. The molecular formula is C26H29N7O5S3. The Morgan fingerprint density at radius 1 is 1.10 bits per heavy atom. The van der Waals surface area contributed by atoms with Gasteiger partial charge in [-0.25, -0.2) is 16.8 Å². The SMILES string of the molecule is CNC(=O)c1c2c(nn1CCCNCc1ccc3nsnc3c1)CCN(S(=O)(=O)c1ccc3c(c1)S(=O)(=O)CC3)C2. The number of rotatable bonds is 9. The number of aromatic nitrogens is 4. The maximum Gasteiger partial charge on any atom is 0.269 e. The molecule has 4 aromatic rings. The molecule has 6 rings (SSSR count). The van der Waals surface area contributed by atoms with Crippen LogP contribution in [-0.2, 0) is 52.3 Å². The van der Waals surface area contributed by atoms with Gasteiger partial charge in [-0.15, -0.1) is 0 Å². The molecule has 0 aliphatic carbocycles. The normalized spacial score (nSPS) is 16.5. The Hall–Kier alpha value is -3.24. The van der Waals surface area contributed by atoms with Crippen molar-refractivity contribution in [3.63, 3.8) is 0 Å². The quantitative estimate of drug-likeness (QED) is 0.267. The van der Waals surface area contributed by atoms with Crippen LogP contribution in [0.15, 0.2) is 46.2 Å². The lowest BCUT2D eigenvalue weighted by atomic mass is 10.1. The molecule has 0 atom stereocenters. The Kier molecular flexibility index (Phi) is 7.40. The number of carbonyl (C=O) groups is 1. The predicted octanol–water partition coefficient (Wildman–Crippen LogP) is 1.50. The summed E-state index contributed by atoms with van der Waals surface area (Å²) in [6.45, 7) is 2.00. The molecule has 2 aliphatic rings. The molecule has 0 saturated heterocycles. The molecule has 1 amide bonds. The lowest BCUT2D eigenvalue weighted by Gasteiger charge is -2.26. The van der Waals surface area contributed by atoms with Gasteiger partial charge in [-0.2, -0.15) is 18.2 Å².